The number of anilines is 1. The molecule has 0 aliphatic heterocycles. The Morgan fingerprint density at radius 2 is 2.19 bits per heavy atom. The predicted octanol–water partition coefficient (Wildman–Crippen LogP) is 1.14. The number of rotatable bonds is 2. The van der Waals surface area contributed by atoms with Gasteiger partial charge in [-0.3, -0.25) is 9.78 Å². The zero-order valence-corrected chi connectivity index (χ0v) is 9.32. The summed E-state index contributed by atoms with van der Waals surface area (Å²) in [6, 6.07) is 3.41. The largest absolute Gasteiger partial charge is 0.324 e. The van der Waals surface area contributed by atoms with E-state index < -0.39 is 0 Å². The summed E-state index contributed by atoms with van der Waals surface area (Å²) in [4.78, 5) is 15.7. The van der Waals surface area contributed by atoms with Gasteiger partial charge >= 0.3 is 11.6 Å². The lowest BCUT2D eigenvalue weighted by Crippen LogP contribution is -2.38. The highest BCUT2D eigenvalue weighted by Gasteiger charge is 2.23. The first kappa shape index (κ1) is 10.6. The Labute approximate surface area is 97.1 Å². The third kappa shape index (κ3) is 2.04. The highest BCUT2D eigenvalue weighted by atomic mass is 35.5. The standard InChI is InChI=1S/C10H9ClN4O/c1-15-9(8(11)6-13-15)10(16)14-7-2-4-12-5-3-7/h2-6H,1H3,(H,12,14,16)/p+1. The normalized spacial score (nSPS) is 10.1. The molecular formula is C10H10ClN4O+. The first-order chi connectivity index (χ1) is 7.68. The van der Waals surface area contributed by atoms with E-state index in [4.69, 9.17) is 11.6 Å². The highest BCUT2D eigenvalue weighted by Crippen LogP contribution is 2.12. The second kappa shape index (κ2) is 4.32. The van der Waals surface area contributed by atoms with E-state index in [0.29, 0.717) is 16.4 Å². The van der Waals surface area contributed by atoms with Crippen molar-refractivity contribution in [3.8, 4) is 0 Å². The number of halogens is 1. The van der Waals surface area contributed by atoms with Crippen LogP contribution in [0.1, 0.15) is 10.5 Å². The topological polar surface area (TPSA) is 61.7 Å². The fourth-order valence-corrected chi connectivity index (χ4v) is 1.59. The lowest BCUT2D eigenvalue weighted by Gasteiger charge is -2.00. The molecule has 0 fully saturated rings. The highest BCUT2D eigenvalue weighted by molar-refractivity contribution is 6.33. The number of hydrogen-bond acceptors (Lipinski definition) is 2. The van der Waals surface area contributed by atoms with Gasteiger partial charge in [0, 0.05) is 18.1 Å². The summed E-state index contributed by atoms with van der Waals surface area (Å²) in [6.45, 7) is 0. The van der Waals surface area contributed by atoms with Gasteiger partial charge in [0.15, 0.2) is 7.05 Å². The summed E-state index contributed by atoms with van der Waals surface area (Å²) in [6.07, 6.45) is 4.77. The molecule has 2 aromatic rings. The van der Waals surface area contributed by atoms with Crippen molar-refractivity contribution in [3.63, 3.8) is 0 Å². The molecule has 2 aromatic heterocycles. The second-order valence-electron chi connectivity index (χ2n) is 3.22. The number of aryl methyl sites for hydroxylation is 1. The molecule has 2 N–H and O–H groups in total. The Hall–Kier alpha value is -1.88. The van der Waals surface area contributed by atoms with Crippen molar-refractivity contribution < 1.29 is 9.48 Å². The van der Waals surface area contributed by atoms with Crippen molar-refractivity contribution in [1.29, 1.82) is 0 Å². The van der Waals surface area contributed by atoms with Crippen molar-refractivity contribution in [3.05, 3.63) is 41.4 Å². The molecule has 0 aromatic carbocycles. The minimum atomic E-state index is -0.264. The van der Waals surface area contributed by atoms with Gasteiger partial charge in [-0.2, -0.15) is 5.10 Å². The minimum absolute atomic E-state index is 0.264. The van der Waals surface area contributed by atoms with Gasteiger partial charge < -0.3 is 5.32 Å². The SMILES string of the molecule is C[n+]1[nH]cc(Cl)c1C(=O)Nc1ccncc1. The summed E-state index contributed by atoms with van der Waals surface area (Å²) < 4.78 is 1.55. The molecule has 0 bridgehead atoms. The van der Waals surface area contributed by atoms with Crippen LogP contribution in [0.25, 0.3) is 0 Å². The third-order valence-electron chi connectivity index (χ3n) is 2.10. The molecule has 2 heterocycles. The van der Waals surface area contributed by atoms with Crippen LogP contribution in [0.3, 0.4) is 0 Å². The van der Waals surface area contributed by atoms with Crippen LogP contribution in [0.4, 0.5) is 5.69 Å². The van der Waals surface area contributed by atoms with Gasteiger partial charge in [-0.25, -0.2) is 0 Å². The van der Waals surface area contributed by atoms with E-state index in [9.17, 15) is 4.79 Å². The van der Waals surface area contributed by atoms with E-state index >= 15 is 0 Å². The van der Waals surface area contributed by atoms with E-state index in [2.05, 4.69) is 15.4 Å². The average Bonchev–Trinajstić information content (AvgIpc) is 2.60. The van der Waals surface area contributed by atoms with E-state index in [1.54, 1.807) is 42.5 Å². The molecule has 5 nitrogen and oxygen atoms in total. The number of nitrogens with zero attached hydrogens (tertiary/aromatic N) is 2. The van der Waals surface area contributed by atoms with Crippen LogP contribution in [-0.2, 0) is 7.05 Å². The molecule has 1 amide bonds. The number of H-pyrrole nitrogens is 1. The zero-order chi connectivity index (χ0) is 11.5. The van der Waals surface area contributed by atoms with E-state index in [-0.39, 0.29) is 5.91 Å². The van der Waals surface area contributed by atoms with Crippen molar-refractivity contribution in [2.24, 2.45) is 7.05 Å². The van der Waals surface area contributed by atoms with Crippen molar-refractivity contribution in [2.45, 2.75) is 0 Å². The Kier molecular flexibility index (Phi) is 2.87. The molecule has 0 atom stereocenters. The molecule has 6 heteroatoms. The maximum atomic E-state index is 11.9. The Morgan fingerprint density at radius 1 is 1.50 bits per heavy atom. The molecule has 16 heavy (non-hydrogen) atoms. The number of aromatic amines is 1. The van der Waals surface area contributed by atoms with Crippen LogP contribution in [0.15, 0.2) is 30.7 Å². The maximum Gasteiger partial charge on any atom is 0.324 e. The Balaban J connectivity index is 2.22. The molecule has 82 valence electrons. The molecular weight excluding hydrogens is 228 g/mol. The summed E-state index contributed by atoms with van der Waals surface area (Å²) in [5, 5.41) is 5.92. The molecule has 0 saturated carbocycles. The number of carbonyl (C=O) groups excluding carboxylic acids is 1. The van der Waals surface area contributed by atoms with Crippen LogP contribution in [0, 0.1) is 0 Å². The van der Waals surface area contributed by atoms with Gasteiger partial charge in [0.2, 0.25) is 0 Å². The molecule has 0 aliphatic rings. The molecule has 2 rings (SSSR count). The van der Waals surface area contributed by atoms with Gasteiger partial charge in [0.25, 0.3) is 0 Å². The van der Waals surface area contributed by atoms with Gasteiger partial charge in [-0.05, 0) is 12.1 Å². The summed E-state index contributed by atoms with van der Waals surface area (Å²) in [5.41, 5.74) is 1.07. The number of aromatic nitrogens is 3. The quantitative estimate of drug-likeness (QED) is 0.770. The number of amides is 1. The minimum Gasteiger partial charge on any atom is -0.317 e. The lowest BCUT2D eigenvalue weighted by molar-refractivity contribution is -0.728. The zero-order valence-electron chi connectivity index (χ0n) is 8.57. The molecule has 0 radical (unpaired) electrons. The number of pyridine rings is 1. The van der Waals surface area contributed by atoms with Crippen molar-refractivity contribution in [1.82, 2.24) is 10.1 Å². The third-order valence-corrected chi connectivity index (χ3v) is 2.39. The van der Waals surface area contributed by atoms with E-state index in [1.165, 1.54) is 0 Å². The van der Waals surface area contributed by atoms with Crippen LogP contribution < -0.4 is 10.00 Å². The van der Waals surface area contributed by atoms with Gasteiger partial charge in [0.1, 0.15) is 5.02 Å². The monoisotopic (exact) mass is 237 g/mol. The molecule has 0 unspecified atom stereocenters. The first-order valence-electron chi connectivity index (χ1n) is 4.63. The number of carbonyl (C=O) groups is 1. The van der Waals surface area contributed by atoms with Gasteiger partial charge in [0.05, 0.1) is 6.20 Å². The van der Waals surface area contributed by atoms with E-state index in [0.717, 1.165) is 0 Å². The van der Waals surface area contributed by atoms with Crippen LogP contribution in [0.2, 0.25) is 5.02 Å². The first-order valence-corrected chi connectivity index (χ1v) is 5.00. The van der Waals surface area contributed by atoms with Crippen molar-refractivity contribution in [2.75, 3.05) is 5.32 Å². The maximum absolute atomic E-state index is 11.9. The average molecular weight is 238 g/mol. The molecule has 0 spiro atoms. The van der Waals surface area contributed by atoms with Gasteiger partial charge in [-0.15, -0.1) is 4.68 Å². The number of hydrogen-bond donors (Lipinski definition) is 2. The molecule has 0 saturated heterocycles. The second-order valence-corrected chi connectivity index (χ2v) is 3.63. The van der Waals surface area contributed by atoms with Crippen molar-refractivity contribution >= 4 is 23.2 Å². The van der Waals surface area contributed by atoms with Crippen LogP contribution in [-0.4, -0.2) is 16.0 Å². The van der Waals surface area contributed by atoms with E-state index in [1.807, 2.05) is 0 Å². The van der Waals surface area contributed by atoms with Crippen LogP contribution in [0.5, 0.6) is 0 Å². The fraction of sp³-hybridized carbons (Fsp3) is 0.100. The Morgan fingerprint density at radius 3 is 2.75 bits per heavy atom. The summed E-state index contributed by atoms with van der Waals surface area (Å²) >= 11 is 5.88. The molecule has 0 aliphatic carbocycles. The van der Waals surface area contributed by atoms with Gasteiger partial charge in [-0.1, -0.05) is 11.6 Å². The smallest absolute Gasteiger partial charge is 0.317 e. The lowest BCUT2D eigenvalue weighted by atomic mass is 10.3. The predicted molar refractivity (Wildman–Crippen MR) is 59.2 cm³/mol. The Bertz CT molecular complexity index is 489. The fourth-order valence-electron chi connectivity index (χ4n) is 1.33. The summed E-state index contributed by atoms with van der Waals surface area (Å²) in [7, 11) is 1.72. The number of nitrogens with one attached hydrogen (secondary N) is 2. The summed E-state index contributed by atoms with van der Waals surface area (Å²) in [5.74, 6) is -0.264. The van der Waals surface area contributed by atoms with Crippen LogP contribution >= 0.6 is 11.6 Å².